The molecule has 0 bridgehead atoms. The number of carbonyl (C=O) groups is 1. The quantitative estimate of drug-likeness (QED) is 0.364. The van der Waals surface area contributed by atoms with Crippen LogP contribution in [0.5, 0.6) is 0 Å². The van der Waals surface area contributed by atoms with Crippen LogP contribution in [0.25, 0.3) is 6.08 Å². The topological polar surface area (TPSA) is 92.4 Å². The molecule has 1 aromatic heterocycles. The van der Waals surface area contributed by atoms with Gasteiger partial charge < -0.3 is 9.30 Å². The van der Waals surface area contributed by atoms with Gasteiger partial charge in [0.25, 0.3) is 0 Å². The number of nitrogens with zero attached hydrogens (tertiary/aromatic N) is 3. The summed E-state index contributed by atoms with van der Waals surface area (Å²) in [7, 11) is -0.688. The zero-order chi connectivity index (χ0) is 22.5. The molecular formula is C22H27N3O4S. The van der Waals surface area contributed by atoms with E-state index in [1.54, 1.807) is 12.1 Å². The first-order chi connectivity index (χ1) is 14.1. The highest BCUT2D eigenvalue weighted by atomic mass is 32.2. The third kappa shape index (κ3) is 5.17. The largest absolute Gasteiger partial charge is 0.457 e. The minimum atomic E-state index is -3.58. The van der Waals surface area contributed by atoms with Gasteiger partial charge in [0, 0.05) is 32.0 Å². The molecule has 160 valence electrons. The molecule has 0 fully saturated rings. The lowest BCUT2D eigenvalue weighted by molar-refractivity contribution is -0.139. The fourth-order valence-corrected chi connectivity index (χ4v) is 4.04. The first-order valence-corrected chi connectivity index (χ1v) is 11.0. The number of aryl methyl sites for hydroxylation is 1. The van der Waals surface area contributed by atoms with Crippen LogP contribution in [0.4, 0.5) is 0 Å². The molecule has 0 atom stereocenters. The number of sulfonamides is 1. The third-order valence-corrected chi connectivity index (χ3v) is 6.56. The van der Waals surface area contributed by atoms with Crippen LogP contribution >= 0.6 is 0 Å². The number of rotatable bonds is 8. The van der Waals surface area contributed by atoms with Gasteiger partial charge in [0.05, 0.1) is 4.90 Å². The van der Waals surface area contributed by atoms with Gasteiger partial charge >= 0.3 is 5.97 Å². The maximum absolute atomic E-state index is 12.4. The third-order valence-electron chi connectivity index (χ3n) is 4.75. The average Bonchev–Trinajstić information content (AvgIpc) is 2.98. The van der Waals surface area contributed by atoms with E-state index in [1.807, 2.05) is 26.0 Å². The van der Waals surface area contributed by atoms with E-state index in [4.69, 9.17) is 4.74 Å². The van der Waals surface area contributed by atoms with E-state index in [-0.39, 0.29) is 17.1 Å². The van der Waals surface area contributed by atoms with Crippen molar-refractivity contribution in [3.63, 3.8) is 0 Å². The van der Waals surface area contributed by atoms with Gasteiger partial charge in [-0.2, -0.15) is 5.26 Å². The van der Waals surface area contributed by atoms with Gasteiger partial charge in [0.2, 0.25) is 10.0 Å². The summed E-state index contributed by atoms with van der Waals surface area (Å²) in [6, 6.07) is 10.0. The lowest BCUT2D eigenvalue weighted by Crippen LogP contribution is -2.22. The molecule has 7 nitrogen and oxygen atoms in total. The summed E-state index contributed by atoms with van der Waals surface area (Å²) in [5.41, 5.74) is 3.25. The molecule has 0 N–H and O–H groups in total. The molecule has 0 unspecified atom stereocenters. The van der Waals surface area contributed by atoms with Crippen molar-refractivity contribution in [2.45, 2.75) is 45.2 Å². The van der Waals surface area contributed by atoms with Gasteiger partial charge in [-0.05, 0) is 55.7 Å². The van der Waals surface area contributed by atoms with E-state index in [9.17, 15) is 18.5 Å². The zero-order valence-electron chi connectivity index (χ0n) is 18.0. The molecule has 1 heterocycles. The number of nitriles is 1. The Morgan fingerprint density at radius 3 is 2.57 bits per heavy atom. The monoisotopic (exact) mass is 429 g/mol. The maximum atomic E-state index is 12.4. The van der Waals surface area contributed by atoms with Crippen LogP contribution in [0, 0.1) is 25.2 Å². The van der Waals surface area contributed by atoms with E-state index >= 15 is 0 Å². The van der Waals surface area contributed by atoms with Crippen molar-refractivity contribution in [3.05, 3.63) is 58.4 Å². The fourth-order valence-electron chi connectivity index (χ4n) is 3.07. The highest BCUT2D eigenvalue weighted by Gasteiger charge is 2.18. The van der Waals surface area contributed by atoms with Crippen molar-refractivity contribution in [2.75, 3.05) is 14.1 Å². The predicted molar refractivity (Wildman–Crippen MR) is 115 cm³/mol. The minimum absolute atomic E-state index is 0.108. The van der Waals surface area contributed by atoms with Crippen LogP contribution in [-0.4, -0.2) is 37.4 Å². The Morgan fingerprint density at radius 1 is 1.27 bits per heavy atom. The Hall–Kier alpha value is -2.89. The average molecular weight is 430 g/mol. The van der Waals surface area contributed by atoms with Crippen LogP contribution in [0.3, 0.4) is 0 Å². The van der Waals surface area contributed by atoms with Gasteiger partial charge in [0.1, 0.15) is 18.2 Å². The summed E-state index contributed by atoms with van der Waals surface area (Å²) in [6.07, 6.45) is 2.51. The molecule has 0 saturated carbocycles. The van der Waals surface area contributed by atoms with Gasteiger partial charge in [-0.1, -0.05) is 19.1 Å². The molecule has 0 aliphatic heterocycles. The molecule has 8 heteroatoms. The highest BCUT2D eigenvalue weighted by molar-refractivity contribution is 7.89. The number of ether oxygens (including phenoxy) is 1. The SMILES string of the molecule is CCCn1c(C)cc(C=C(C#N)C(=O)OCc2cccc(S(=O)(=O)N(C)C)c2)c1C. The van der Waals surface area contributed by atoms with Crippen LogP contribution < -0.4 is 0 Å². The van der Waals surface area contributed by atoms with Crippen molar-refractivity contribution in [1.82, 2.24) is 8.87 Å². The summed E-state index contributed by atoms with van der Waals surface area (Å²) in [4.78, 5) is 12.5. The fraction of sp³-hybridized carbons (Fsp3) is 0.364. The Labute approximate surface area is 178 Å². The molecular weight excluding hydrogens is 402 g/mol. The number of hydrogen-bond acceptors (Lipinski definition) is 5. The van der Waals surface area contributed by atoms with Crippen LogP contribution in [0.15, 0.2) is 40.8 Å². The molecule has 0 aliphatic carbocycles. The summed E-state index contributed by atoms with van der Waals surface area (Å²) in [6.45, 7) is 6.75. The number of hydrogen-bond donors (Lipinski definition) is 0. The first-order valence-electron chi connectivity index (χ1n) is 9.59. The van der Waals surface area contributed by atoms with Gasteiger partial charge in [-0.3, -0.25) is 0 Å². The number of benzene rings is 1. The molecule has 0 saturated heterocycles. The smallest absolute Gasteiger partial charge is 0.349 e. The molecule has 2 aromatic rings. The minimum Gasteiger partial charge on any atom is -0.457 e. The normalized spacial score (nSPS) is 12.1. The lowest BCUT2D eigenvalue weighted by Gasteiger charge is -2.12. The Balaban J connectivity index is 2.19. The summed E-state index contributed by atoms with van der Waals surface area (Å²) < 4.78 is 33.0. The molecule has 2 rings (SSSR count). The first kappa shape index (κ1) is 23.4. The number of aromatic nitrogens is 1. The van der Waals surface area contributed by atoms with Gasteiger partial charge in [0.15, 0.2) is 0 Å². The second-order valence-corrected chi connectivity index (χ2v) is 9.31. The van der Waals surface area contributed by atoms with Crippen LogP contribution in [-0.2, 0) is 32.7 Å². The second kappa shape index (κ2) is 9.74. The molecule has 1 aromatic carbocycles. The van der Waals surface area contributed by atoms with Crippen molar-refractivity contribution in [1.29, 1.82) is 5.26 Å². The Kier molecular flexibility index (Phi) is 7.59. The van der Waals surface area contributed by atoms with Crippen molar-refractivity contribution in [3.8, 4) is 6.07 Å². The number of esters is 1. The van der Waals surface area contributed by atoms with E-state index in [0.29, 0.717) is 5.56 Å². The van der Waals surface area contributed by atoms with E-state index in [0.717, 1.165) is 34.2 Å². The van der Waals surface area contributed by atoms with Crippen molar-refractivity contribution < 1.29 is 17.9 Å². The molecule has 0 radical (unpaired) electrons. The maximum Gasteiger partial charge on any atom is 0.349 e. The second-order valence-electron chi connectivity index (χ2n) is 7.16. The van der Waals surface area contributed by atoms with Gasteiger partial charge in [-0.15, -0.1) is 0 Å². The zero-order valence-corrected chi connectivity index (χ0v) is 18.8. The highest BCUT2D eigenvalue weighted by Crippen LogP contribution is 2.20. The summed E-state index contributed by atoms with van der Waals surface area (Å²) >= 11 is 0. The van der Waals surface area contributed by atoms with Crippen LogP contribution in [0.2, 0.25) is 0 Å². The van der Waals surface area contributed by atoms with Gasteiger partial charge in [-0.25, -0.2) is 17.5 Å². The summed E-state index contributed by atoms with van der Waals surface area (Å²) in [5.74, 6) is -0.751. The number of carbonyl (C=O) groups excluding carboxylic acids is 1. The predicted octanol–water partition coefficient (Wildman–Crippen LogP) is 3.42. The van der Waals surface area contributed by atoms with Crippen molar-refractivity contribution >= 4 is 22.1 Å². The molecule has 30 heavy (non-hydrogen) atoms. The van der Waals surface area contributed by atoms with Crippen molar-refractivity contribution in [2.24, 2.45) is 0 Å². The Morgan fingerprint density at radius 2 is 1.97 bits per heavy atom. The van der Waals surface area contributed by atoms with Crippen LogP contribution in [0.1, 0.15) is 35.9 Å². The lowest BCUT2D eigenvalue weighted by atomic mass is 10.1. The van der Waals surface area contributed by atoms with E-state index < -0.39 is 16.0 Å². The van der Waals surface area contributed by atoms with E-state index in [1.165, 1.54) is 32.3 Å². The molecule has 0 spiro atoms. The van der Waals surface area contributed by atoms with E-state index in [2.05, 4.69) is 11.5 Å². The summed E-state index contributed by atoms with van der Waals surface area (Å²) in [5, 5.41) is 9.43. The molecule has 0 aliphatic rings. The Bertz CT molecular complexity index is 1110. The standard InChI is InChI=1S/C22H27N3O4S/c1-6-10-25-16(2)11-19(17(25)3)13-20(14-23)22(26)29-15-18-8-7-9-21(12-18)30(27,28)24(4)5/h7-9,11-13H,6,10,15H2,1-5H3. The molecule has 0 amide bonds.